The molecule has 0 aliphatic carbocycles. The van der Waals surface area contributed by atoms with Crippen LogP contribution in [0.15, 0.2) is 77.8 Å². The van der Waals surface area contributed by atoms with Crippen molar-refractivity contribution >= 4 is 17.9 Å². The molecule has 0 radical (unpaired) electrons. The van der Waals surface area contributed by atoms with Crippen molar-refractivity contribution in [3.8, 4) is 11.5 Å². The minimum absolute atomic E-state index is 0.408. The smallest absolute Gasteiger partial charge is 0.343 e. The zero-order valence-electron chi connectivity index (χ0n) is 14.7. The third-order valence-corrected chi connectivity index (χ3v) is 3.78. The quantitative estimate of drug-likeness (QED) is 0.372. The molecule has 0 saturated heterocycles. The van der Waals surface area contributed by atoms with Crippen molar-refractivity contribution in [2.45, 2.75) is 6.92 Å². The number of carbonyl (C=O) groups excluding carboxylic acids is 1. The number of carbonyl (C=O) groups is 1. The average molecular weight is 345 g/mol. The summed E-state index contributed by atoms with van der Waals surface area (Å²) in [5.74, 6) is 0.770. The maximum absolute atomic E-state index is 12.2. The average Bonchev–Trinajstić information content (AvgIpc) is 2.67. The van der Waals surface area contributed by atoms with Crippen LogP contribution in [-0.2, 0) is 0 Å². The normalized spacial score (nSPS) is 10.7. The second kappa shape index (κ2) is 8.12. The number of esters is 1. The minimum atomic E-state index is -0.408. The highest BCUT2D eigenvalue weighted by Crippen LogP contribution is 2.17. The largest absolute Gasteiger partial charge is 0.497 e. The molecule has 130 valence electrons. The van der Waals surface area contributed by atoms with E-state index in [0.717, 1.165) is 11.3 Å². The van der Waals surface area contributed by atoms with E-state index in [2.05, 4.69) is 4.99 Å². The summed E-state index contributed by atoms with van der Waals surface area (Å²) in [6, 6.07) is 22.0. The Morgan fingerprint density at radius 1 is 0.923 bits per heavy atom. The molecule has 0 fully saturated rings. The third-order valence-electron chi connectivity index (χ3n) is 3.78. The first-order valence-electron chi connectivity index (χ1n) is 8.21. The van der Waals surface area contributed by atoms with Crippen molar-refractivity contribution in [3.05, 3.63) is 89.5 Å². The Morgan fingerprint density at radius 3 is 2.27 bits per heavy atom. The molecule has 26 heavy (non-hydrogen) atoms. The number of rotatable bonds is 5. The zero-order valence-corrected chi connectivity index (χ0v) is 14.7. The fraction of sp³-hybridized carbons (Fsp3) is 0.0909. The summed E-state index contributed by atoms with van der Waals surface area (Å²) in [7, 11) is 1.58. The lowest BCUT2D eigenvalue weighted by atomic mass is 10.2. The molecule has 0 unspecified atom stereocenters. The van der Waals surface area contributed by atoms with Gasteiger partial charge in [-0.05, 0) is 78.7 Å². The summed E-state index contributed by atoms with van der Waals surface area (Å²) in [5, 5.41) is 0. The monoisotopic (exact) mass is 345 g/mol. The molecule has 0 aromatic heterocycles. The molecular weight excluding hydrogens is 326 g/mol. The van der Waals surface area contributed by atoms with Crippen LogP contribution in [0.5, 0.6) is 11.5 Å². The van der Waals surface area contributed by atoms with Crippen LogP contribution in [0.2, 0.25) is 0 Å². The summed E-state index contributed by atoms with van der Waals surface area (Å²) in [4.78, 5) is 16.6. The van der Waals surface area contributed by atoms with E-state index in [1.807, 2.05) is 43.3 Å². The molecule has 0 bridgehead atoms. The predicted octanol–water partition coefficient (Wildman–Crippen LogP) is 4.97. The van der Waals surface area contributed by atoms with E-state index in [4.69, 9.17) is 9.47 Å². The first-order chi connectivity index (χ1) is 12.6. The highest BCUT2D eigenvalue weighted by Gasteiger charge is 2.08. The Labute approximate surface area is 152 Å². The highest BCUT2D eigenvalue weighted by atomic mass is 16.5. The SMILES string of the molecule is COc1ccc(C(=O)Oc2ccc(C=Nc3cccc(C)c3)cc2)cc1. The topological polar surface area (TPSA) is 47.9 Å². The van der Waals surface area contributed by atoms with Crippen molar-refractivity contribution in [1.82, 2.24) is 0 Å². The van der Waals surface area contributed by atoms with Gasteiger partial charge in [-0.1, -0.05) is 12.1 Å². The highest BCUT2D eigenvalue weighted by molar-refractivity contribution is 5.91. The molecular formula is C22H19NO3. The molecule has 4 nitrogen and oxygen atoms in total. The van der Waals surface area contributed by atoms with Gasteiger partial charge < -0.3 is 9.47 Å². The first-order valence-corrected chi connectivity index (χ1v) is 8.21. The fourth-order valence-corrected chi connectivity index (χ4v) is 2.37. The van der Waals surface area contributed by atoms with Crippen molar-refractivity contribution in [3.63, 3.8) is 0 Å². The van der Waals surface area contributed by atoms with Crippen molar-refractivity contribution < 1.29 is 14.3 Å². The van der Waals surface area contributed by atoms with E-state index in [1.54, 1.807) is 49.7 Å². The van der Waals surface area contributed by atoms with Crippen LogP contribution in [-0.4, -0.2) is 19.3 Å². The van der Waals surface area contributed by atoms with Gasteiger partial charge in [0, 0.05) is 6.21 Å². The van der Waals surface area contributed by atoms with Crippen molar-refractivity contribution in [2.24, 2.45) is 4.99 Å². The number of ether oxygens (including phenoxy) is 2. The van der Waals surface area contributed by atoms with Crippen LogP contribution < -0.4 is 9.47 Å². The summed E-state index contributed by atoms with van der Waals surface area (Å²) in [6.45, 7) is 2.03. The van der Waals surface area contributed by atoms with Crippen LogP contribution in [0.25, 0.3) is 0 Å². The Hall–Kier alpha value is -3.40. The molecule has 0 aliphatic heterocycles. The van der Waals surface area contributed by atoms with Gasteiger partial charge in [0.05, 0.1) is 18.4 Å². The predicted molar refractivity (Wildman–Crippen MR) is 103 cm³/mol. The summed E-state index contributed by atoms with van der Waals surface area (Å²) >= 11 is 0. The number of hydrogen-bond acceptors (Lipinski definition) is 4. The number of nitrogens with zero attached hydrogens (tertiary/aromatic N) is 1. The van der Waals surface area contributed by atoms with Gasteiger partial charge in [0.1, 0.15) is 11.5 Å². The van der Waals surface area contributed by atoms with Gasteiger partial charge in [0.25, 0.3) is 0 Å². The van der Waals surface area contributed by atoms with Gasteiger partial charge in [-0.15, -0.1) is 0 Å². The Kier molecular flexibility index (Phi) is 5.44. The lowest BCUT2D eigenvalue weighted by Gasteiger charge is -2.05. The lowest BCUT2D eigenvalue weighted by Crippen LogP contribution is -2.08. The molecule has 0 aliphatic rings. The van der Waals surface area contributed by atoms with E-state index >= 15 is 0 Å². The van der Waals surface area contributed by atoms with Crippen LogP contribution in [0.3, 0.4) is 0 Å². The lowest BCUT2D eigenvalue weighted by molar-refractivity contribution is 0.0734. The number of aliphatic imine (C=N–C) groups is 1. The van der Waals surface area contributed by atoms with Crippen molar-refractivity contribution in [2.75, 3.05) is 7.11 Å². The van der Waals surface area contributed by atoms with E-state index in [1.165, 1.54) is 5.56 Å². The Morgan fingerprint density at radius 2 is 1.62 bits per heavy atom. The molecule has 3 aromatic rings. The number of benzene rings is 3. The van der Waals surface area contributed by atoms with Crippen molar-refractivity contribution in [1.29, 1.82) is 0 Å². The van der Waals surface area contributed by atoms with Gasteiger partial charge in [-0.3, -0.25) is 4.99 Å². The maximum Gasteiger partial charge on any atom is 0.343 e. The second-order valence-corrected chi connectivity index (χ2v) is 5.78. The molecule has 0 heterocycles. The van der Waals surface area contributed by atoms with Gasteiger partial charge in [0.2, 0.25) is 0 Å². The number of aryl methyl sites for hydroxylation is 1. The fourth-order valence-electron chi connectivity index (χ4n) is 2.37. The zero-order chi connectivity index (χ0) is 18.4. The first kappa shape index (κ1) is 17.4. The number of hydrogen-bond donors (Lipinski definition) is 0. The maximum atomic E-state index is 12.2. The molecule has 0 spiro atoms. The molecule has 3 rings (SSSR count). The summed E-state index contributed by atoms with van der Waals surface area (Å²) in [5.41, 5.74) is 3.46. The van der Waals surface area contributed by atoms with Crippen LogP contribution in [0.4, 0.5) is 5.69 Å². The van der Waals surface area contributed by atoms with Crippen LogP contribution in [0, 0.1) is 6.92 Å². The van der Waals surface area contributed by atoms with Crippen LogP contribution >= 0.6 is 0 Å². The van der Waals surface area contributed by atoms with Gasteiger partial charge in [-0.2, -0.15) is 0 Å². The third kappa shape index (κ3) is 4.57. The molecule has 3 aromatic carbocycles. The van der Waals surface area contributed by atoms with E-state index in [9.17, 15) is 4.79 Å². The molecule has 0 N–H and O–H groups in total. The Balaban J connectivity index is 1.64. The standard InChI is InChI=1S/C22H19NO3/c1-16-4-3-5-19(14-16)23-15-17-6-10-21(11-7-17)26-22(24)18-8-12-20(25-2)13-9-18/h3-15H,1-2H3. The number of methoxy groups -OCH3 is 1. The van der Waals surface area contributed by atoms with Gasteiger partial charge in [-0.25, -0.2) is 4.79 Å². The molecule has 0 saturated carbocycles. The second-order valence-electron chi connectivity index (χ2n) is 5.78. The van der Waals surface area contributed by atoms with Gasteiger partial charge in [0.15, 0.2) is 0 Å². The molecule has 4 heteroatoms. The van der Waals surface area contributed by atoms with E-state index in [0.29, 0.717) is 17.1 Å². The van der Waals surface area contributed by atoms with E-state index in [-0.39, 0.29) is 0 Å². The summed E-state index contributed by atoms with van der Waals surface area (Å²) < 4.78 is 10.5. The van der Waals surface area contributed by atoms with Gasteiger partial charge >= 0.3 is 5.97 Å². The van der Waals surface area contributed by atoms with E-state index < -0.39 is 5.97 Å². The molecule has 0 amide bonds. The summed E-state index contributed by atoms with van der Waals surface area (Å²) in [6.07, 6.45) is 1.78. The molecule has 0 atom stereocenters. The van der Waals surface area contributed by atoms with Crippen LogP contribution in [0.1, 0.15) is 21.5 Å². The minimum Gasteiger partial charge on any atom is -0.497 e. The Bertz CT molecular complexity index is 913.